The van der Waals surface area contributed by atoms with Crippen molar-refractivity contribution >= 4 is 23.0 Å². The lowest BCUT2D eigenvalue weighted by molar-refractivity contribution is 0.166. The Bertz CT molecular complexity index is 855. The first-order chi connectivity index (χ1) is 13.4. The van der Waals surface area contributed by atoms with E-state index in [2.05, 4.69) is 0 Å². The zero-order valence-corrected chi connectivity index (χ0v) is 17.1. The van der Waals surface area contributed by atoms with Crippen LogP contribution in [0.5, 0.6) is 0 Å². The van der Waals surface area contributed by atoms with Gasteiger partial charge in [-0.15, -0.1) is 0 Å². The van der Waals surface area contributed by atoms with Crippen LogP contribution in [0.15, 0.2) is 33.3 Å². The minimum atomic E-state index is -3.32. The first-order valence-electron chi connectivity index (χ1n) is 9.52. The van der Waals surface area contributed by atoms with Gasteiger partial charge in [-0.3, -0.25) is 0 Å². The Morgan fingerprint density at radius 2 is 2.21 bits per heavy atom. The summed E-state index contributed by atoms with van der Waals surface area (Å²) in [5.74, 6) is 1.15. The van der Waals surface area contributed by atoms with Crippen LogP contribution in [0.3, 0.4) is 0 Å². The average Bonchev–Trinajstić information content (AvgIpc) is 3.21. The Labute approximate surface area is 166 Å². The molecule has 9 heteroatoms. The quantitative estimate of drug-likeness (QED) is 0.499. The van der Waals surface area contributed by atoms with Crippen molar-refractivity contribution in [3.8, 4) is 0 Å². The lowest BCUT2D eigenvalue weighted by Gasteiger charge is -2.32. The fraction of sp³-hybridized carbons (Fsp3) is 0.579. The van der Waals surface area contributed by atoms with Gasteiger partial charge in [-0.2, -0.15) is 0 Å². The van der Waals surface area contributed by atoms with Crippen molar-refractivity contribution in [1.82, 2.24) is 0 Å². The molecule has 0 spiro atoms. The highest BCUT2D eigenvalue weighted by molar-refractivity contribution is 7.92. The summed E-state index contributed by atoms with van der Waals surface area (Å²) in [5.41, 5.74) is 2.64. The Balaban J connectivity index is 1.78. The van der Waals surface area contributed by atoms with Crippen molar-refractivity contribution in [3.05, 3.63) is 40.4 Å². The minimum absolute atomic E-state index is 0.0276. The first-order valence-corrected chi connectivity index (χ1v) is 11.2. The molecule has 28 heavy (non-hydrogen) atoms. The molecule has 0 saturated carbocycles. The van der Waals surface area contributed by atoms with E-state index in [0.717, 1.165) is 23.1 Å². The van der Waals surface area contributed by atoms with E-state index in [1.807, 2.05) is 13.0 Å². The van der Waals surface area contributed by atoms with Gasteiger partial charge in [-0.05, 0) is 48.6 Å². The van der Waals surface area contributed by atoms with Crippen molar-refractivity contribution in [2.45, 2.75) is 50.5 Å². The molecule has 2 atom stereocenters. The molecule has 1 aromatic rings. The average molecular weight is 410 g/mol. The third-order valence-electron chi connectivity index (χ3n) is 5.33. The molecule has 7 nitrogen and oxygen atoms in total. The molecule has 0 aromatic carbocycles. The number of rotatable bonds is 8. The van der Waals surface area contributed by atoms with Crippen molar-refractivity contribution in [2.24, 2.45) is 0 Å². The van der Waals surface area contributed by atoms with Crippen molar-refractivity contribution in [2.75, 3.05) is 19.5 Å². The molecule has 1 aromatic heterocycles. The molecule has 3 rings (SSSR count). The number of aliphatic hydroxyl groups excluding tert-OH is 1. The van der Waals surface area contributed by atoms with Crippen LogP contribution in [0.1, 0.15) is 37.7 Å². The molecular formula is C19H27BO7S. The largest absolute Gasteiger partial charge is 0.459 e. The molecule has 154 valence electrons. The van der Waals surface area contributed by atoms with E-state index in [1.54, 1.807) is 19.2 Å². The fourth-order valence-corrected chi connectivity index (χ4v) is 6.11. The summed E-state index contributed by atoms with van der Waals surface area (Å²) in [6.07, 6.45) is 3.62. The monoisotopic (exact) mass is 410 g/mol. The highest BCUT2D eigenvalue weighted by Gasteiger charge is 2.48. The topological polar surface area (TPSA) is 106 Å². The standard InChI is InChI=1S/C19H27BO7S/c1-3-13(8-15-5-6-16(10-21)26-15)4-7-17-19-14(11-25-2)12-28(23,24)18(19)9-20(22)27-17/h5-6,8,17-18,21-22H,3-4,7,9-12H2,1-2H3/b13-8+/t17-,18+/m1/s1. The first kappa shape index (κ1) is 21.3. The maximum atomic E-state index is 12.5. The number of sulfone groups is 1. The van der Waals surface area contributed by atoms with Gasteiger partial charge in [0.2, 0.25) is 0 Å². The van der Waals surface area contributed by atoms with Crippen LogP contribution >= 0.6 is 0 Å². The van der Waals surface area contributed by atoms with Crippen LogP contribution in [-0.2, 0) is 25.8 Å². The SMILES string of the molecule is CC/C(=C\c1ccc(CO)o1)CC[C@H]1OB(O)C[C@H]2C1=C(COC)CS2(=O)=O. The summed E-state index contributed by atoms with van der Waals surface area (Å²) in [7, 11) is -2.86. The Morgan fingerprint density at radius 1 is 1.43 bits per heavy atom. The predicted octanol–water partition coefficient (Wildman–Crippen LogP) is 1.96. The summed E-state index contributed by atoms with van der Waals surface area (Å²) in [6.45, 7) is 2.15. The van der Waals surface area contributed by atoms with E-state index >= 15 is 0 Å². The van der Waals surface area contributed by atoms with Crippen LogP contribution < -0.4 is 0 Å². The van der Waals surface area contributed by atoms with E-state index in [-0.39, 0.29) is 25.3 Å². The van der Waals surface area contributed by atoms with E-state index in [4.69, 9.17) is 18.9 Å². The van der Waals surface area contributed by atoms with Gasteiger partial charge in [-0.1, -0.05) is 12.5 Å². The molecule has 1 fully saturated rings. The normalized spacial score (nSPS) is 24.7. The maximum absolute atomic E-state index is 12.5. The number of allylic oxidation sites excluding steroid dienone is 1. The number of ether oxygens (including phenoxy) is 1. The second kappa shape index (κ2) is 8.96. The van der Waals surface area contributed by atoms with E-state index in [9.17, 15) is 13.4 Å². The van der Waals surface area contributed by atoms with E-state index in [1.165, 1.54) is 0 Å². The number of furan rings is 1. The van der Waals surface area contributed by atoms with Gasteiger partial charge in [0.05, 0.1) is 23.7 Å². The van der Waals surface area contributed by atoms with Gasteiger partial charge in [0.1, 0.15) is 18.1 Å². The number of hydrogen-bond donors (Lipinski definition) is 2. The zero-order chi connectivity index (χ0) is 20.3. The van der Waals surface area contributed by atoms with Gasteiger partial charge in [0.15, 0.2) is 9.84 Å². The molecule has 0 aliphatic carbocycles. The molecule has 0 amide bonds. The van der Waals surface area contributed by atoms with Gasteiger partial charge < -0.3 is 23.9 Å². The summed E-state index contributed by atoms with van der Waals surface area (Å²) in [6, 6.07) is 3.54. The molecule has 2 aliphatic heterocycles. The van der Waals surface area contributed by atoms with Crippen molar-refractivity contribution in [1.29, 1.82) is 0 Å². The van der Waals surface area contributed by atoms with Gasteiger partial charge >= 0.3 is 7.12 Å². The van der Waals surface area contributed by atoms with Gasteiger partial charge in [0, 0.05) is 13.4 Å². The number of fused-ring (bicyclic) bond motifs is 1. The lowest BCUT2D eigenvalue weighted by Crippen LogP contribution is -2.42. The molecule has 2 N–H and O–H groups in total. The summed E-state index contributed by atoms with van der Waals surface area (Å²) >= 11 is 0. The predicted molar refractivity (Wildman–Crippen MR) is 106 cm³/mol. The second-order valence-corrected chi connectivity index (χ2v) is 9.44. The molecule has 0 unspecified atom stereocenters. The summed E-state index contributed by atoms with van der Waals surface area (Å²) in [5, 5.41) is 18.5. The van der Waals surface area contributed by atoms with Gasteiger partial charge in [-0.25, -0.2) is 8.42 Å². The highest BCUT2D eigenvalue weighted by Crippen LogP contribution is 2.39. The number of hydrogen-bond acceptors (Lipinski definition) is 7. The smallest absolute Gasteiger partial charge is 0.456 e. The van der Waals surface area contributed by atoms with Crippen LogP contribution in [0.4, 0.5) is 0 Å². The summed E-state index contributed by atoms with van der Waals surface area (Å²) in [4.78, 5) is 0. The zero-order valence-electron chi connectivity index (χ0n) is 16.3. The maximum Gasteiger partial charge on any atom is 0.456 e. The van der Waals surface area contributed by atoms with Crippen LogP contribution in [-0.4, -0.2) is 56.5 Å². The third-order valence-corrected chi connectivity index (χ3v) is 7.40. The second-order valence-electron chi connectivity index (χ2n) is 7.26. The minimum Gasteiger partial charge on any atom is -0.459 e. The molecule has 0 radical (unpaired) electrons. The molecule has 3 heterocycles. The van der Waals surface area contributed by atoms with E-state index < -0.39 is 28.3 Å². The van der Waals surface area contributed by atoms with Gasteiger partial charge in [0.25, 0.3) is 0 Å². The third kappa shape index (κ3) is 4.60. The lowest BCUT2D eigenvalue weighted by atomic mass is 9.74. The fourth-order valence-electron chi connectivity index (χ4n) is 4.01. The molecule has 2 aliphatic rings. The Kier molecular flexibility index (Phi) is 6.83. The number of aliphatic hydroxyl groups is 1. The molecular weight excluding hydrogens is 383 g/mol. The van der Waals surface area contributed by atoms with Crippen LogP contribution in [0.2, 0.25) is 6.32 Å². The highest BCUT2D eigenvalue weighted by atomic mass is 32.2. The Morgan fingerprint density at radius 3 is 2.86 bits per heavy atom. The van der Waals surface area contributed by atoms with Crippen molar-refractivity contribution in [3.63, 3.8) is 0 Å². The molecule has 1 saturated heterocycles. The van der Waals surface area contributed by atoms with Crippen LogP contribution in [0.25, 0.3) is 6.08 Å². The molecule has 0 bridgehead atoms. The van der Waals surface area contributed by atoms with Crippen LogP contribution in [0, 0.1) is 0 Å². The van der Waals surface area contributed by atoms with Crippen molar-refractivity contribution < 1.29 is 32.4 Å². The summed E-state index contributed by atoms with van der Waals surface area (Å²) < 4.78 is 41.5. The number of methoxy groups -OCH3 is 1. The van der Waals surface area contributed by atoms with E-state index in [0.29, 0.717) is 24.4 Å². The Hall–Kier alpha value is -1.39.